The second-order valence-corrected chi connectivity index (χ2v) is 9.02. The van der Waals surface area contributed by atoms with E-state index >= 15 is 0 Å². The summed E-state index contributed by atoms with van der Waals surface area (Å²) in [6, 6.07) is 15.7. The number of nitrogens with zero attached hydrogens (tertiary/aromatic N) is 2. The molecular formula is C23H21FN4O3S. The van der Waals surface area contributed by atoms with E-state index in [0.717, 1.165) is 17.1 Å². The average molecular weight is 453 g/mol. The van der Waals surface area contributed by atoms with Gasteiger partial charge in [0, 0.05) is 25.2 Å². The predicted molar refractivity (Wildman–Crippen MR) is 121 cm³/mol. The van der Waals surface area contributed by atoms with E-state index in [9.17, 15) is 17.6 Å². The number of amides is 1. The molecule has 0 radical (unpaired) electrons. The Labute approximate surface area is 185 Å². The van der Waals surface area contributed by atoms with Crippen LogP contribution in [-0.4, -0.2) is 30.9 Å². The number of rotatable bonds is 5. The van der Waals surface area contributed by atoms with Crippen molar-refractivity contribution in [2.24, 2.45) is 7.05 Å². The number of aromatic nitrogens is 2. The zero-order valence-electron chi connectivity index (χ0n) is 17.7. The lowest BCUT2D eigenvalue weighted by Crippen LogP contribution is -2.17. The second-order valence-electron chi connectivity index (χ2n) is 7.37. The number of imidazole rings is 1. The standard InChI is InChI=1S/C23H21FN4O3S/c1-14-4-9-17(24)12-21(14)32(30,31)27-18-10-11-20-19(13-18)26-22(28(20)3)15-5-7-16(8-6-15)23(29)25-2/h4-13,27H,1-3H3,(H,25,29). The molecule has 9 heteroatoms. The molecule has 0 aliphatic rings. The van der Waals surface area contributed by atoms with Gasteiger partial charge in [0.2, 0.25) is 0 Å². The number of carbonyl (C=O) groups excluding carboxylic acids is 1. The van der Waals surface area contributed by atoms with E-state index in [-0.39, 0.29) is 10.8 Å². The highest BCUT2D eigenvalue weighted by molar-refractivity contribution is 7.92. The number of aryl methyl sites for hydroxylation is 2. The predicted octanol–water partition coefficient (Wildman–Crippen LogP) is 3.85. The van der Waals surface area contributed by atoms with Crippen molar-refractivity contribution in [1.29, 1.82) is 0 Å². The van der Waals surface area contributed by atoms with Crippen LogP contribution in [0.3, 0.4) is 0 Å². The van der Waals surface area contributed by atoms with Crippen molar-refractivity contribution in [1.82, 2.24) is 14.9 Å². The molecular weight excluding hydrogens is 431 g/mol. The number of fused-ring (bicyclic) bond motifs is 1. The van der Waals surface area contributed by atoms with Crippen LogP contribution in [0, 0.1) is 12.7 Å². The fraction of sp³-hybridized carbons (Fsp3) is 0.130. The van der Waals surface area contributed by atoms with Crippen LogP contribution in [0.15, 0.2) is 65.6 Å². The number of sulfonamides is 1. The summed E-state index contributed by atoms with van der Waals surface area (Å²) < 4.78 is 43.5. The fourth-order valence-electron chi connectivity index (χ4n) is 3.51. The molecule has 32 heavy (non-hydrogen) atoms. The summed E-state index contributed by atoms with van der Waals surface area (Å²) in [5, 5.41) is 2.58. The van der Waals surface area contributed by atoms with Gasteiger partial charge in [-0.2, -0.15) is 0 Å². The average Bonchev–Trinajstić information content (AvgIpc) is 3.10. The number of anilines is 1. The molecule has 1 aromatic heterocycles. The van der Waals surface area contributed by atoms with Crippen molar-refractivity contribution < 1.29 is 17.6 Å². The van der Waals surface area contributed by atoms with Gasteiger partial charge in [-0.05, 0) is 55.0 Å². The summed E-state index contributed by atoms with van der Waals surface area (Å²) in [4.78, 5) is 16.3. The first kappa shape index (κ1) is 21.5. The lowest BCUT2D eigenvalue weighted by Gasteiger charge is -2.10. The van der Waals surface area contributed by atoms with E-state index in [1.807, 2.05) is 23.7 Å². The molecule has 0 saturated heterocycles. The first-order chi connectivity index (χ1) is 15.2. The molecule has 0 spiro atoms. The zero-order chi connectivity index (χ0) is 23.0. The minimum Gasteiger partial charge on any atom is -0.355 e. The molecule has 0 unspecified atom stereocenters. The maximum absolute atomic E-state index is 13.6. The number of benzene rings is 3. The monoisotopic (exact) mass is 452 g/mol. The van der Waals surface area contributed by atoms with Crippen LogP contribution in [0.5, 0.6) is 0 Å². The molecule has 1 heterocycles. The minimum atomic E-state index is -3.97. The Balaban J connectivity index is 1.68. The van der Waals surface area contributed by atoms with E-state index in [4.69, 9.17) is 0 Å². The molecule has 0 aliphatic heterocycles. The maximum Gasteiger partial charge on any atom is 0.262 e. The molecule has 0 fully saturated rings. The molecule has 0 atom stereocenters. The van der Waals surface area contributed by atoms with Gasteiger partial charge in [-0.3, -0.25) is 9.52 Å². The molecule has 3 aromatic carbocycles. The number of hydrogen-bond donors (Lipinski definition) is 2. The van der Waals surface area contributed by atoms with Crippen LogP contribution >= 0.6 is 0 Å². The van der Waals surface area contributed by atoms with Gasteiger partial charge >= 0.3 is 0 Å². The van der Waals surface area contributed by atoms with Crippen molar-refractivity contribution in [2.75, 3.05) is 11.8 Å². The molecule has 1 amide bonds. The number of hydrogen-bond acceptors (Lipinski definition) is 4. The Kier molecular flexibility index (Phi) is 5.43. The second kappa shape index (κ2) is 8.08. The van der Waals surface area contributed by atoms with Crippen LogP contribution < -0.4 is 10.0 Å². The first-order valence-corrected chi connectivity index (χ1v) is 11.3. The smallest absolute Gasteiger partial charge is 0.262 e. The minimum absolute atomic E-state index is 0.115. The van der Waals surface area contributed by atoms with Gasteiger partial charge in [-0.1, -0.05) is 18.2 Å². The summed E-state index contributed by atoms with van der Waals surface area (Å²) in [6.45, 7) is 1.61. The molecule has 2 N–H and O–H groups in total. The van der Waals surface area contributed by atoms with Crippen LogP contribution in [-0.2, 0) is 17.1 Å². The Morgan fingerprint density at radius 1 is 1.03 bits per heavy atom. The first-order valence-electron chi connectivity index (χ1n) is 9.77. The lowest BCUT2D eigenvalue weighted by atomic mass is 10.1. The highest BCUT2D eigenvalue weighted by atomic mass is 32.2. The van der Waals surface area contributed by atoms with E-state index < -0.39 is 15.8 Å². The molecule has 4 aromatic rings. The molecule has 0 aliphatic carbocycles. The Morgan fingerprint density at radius 2 is 1.75 bits per heavy atom. The summed E-state index contributed by atoms with van der Waals surface area (Å²) in [5.74, 6) is -0.125. The third kappa shape index (κ3) is 3.94. The molecule has 7 nitrogen and oxygen atoms in total. The summed E-state index contributed by atoms with van der Waals surface area (Å²) in [6.07, 6.45) is 0. The van der Waals surface area contributed by atoms with Crippen molar-refractivity contribution in [2.45, 2.75) is 11.8 Å². The van der Waals surface area contributed by atoms with Crippen LogP contribution in [0.1, 0.15) is 15.9 Å². The molecule has 4 rings (SSSR count). The third-order valence-corrected chi connectivity index (χ3v) is 6.73. The molecule has 164 valence electrons. The lowest BCUT2D eigenvalue weighted by molar-refractivity contribution is 0.0963. The Hall–Kier alpha value is -3.72. The van der Waals surface area contributed by atoms with Gasteiger partial charge in [0.1, 0.15) is 11.6 Å². The van der Waals surface area contributed by atoms with Gasteiger partial charge < -0.3 is 9.88 Å². The van der Waals surface area contributed by atoms with Crippen LogP contribution in [0.25, 0.3) is 22.4 Å². The summed E-state index contributed by atoms with van der Waals surface area (Å²) in [7, 11) is -0.538. The van der Waals surface area contributed by atoms with Gasteiger partial charge in [0.15, 0.2) is 0 Å². The molecule has 0 bridgehead atoms. The van der Waals surface area contributed by atoms with E-state index in [0.29, 0.717) is 28.2 Å². The van der Waals surface area contributed by atoms with Crippen molar-refractivity contribution >= 4 is 32.7 Å². The van der Waals surface area contributed by atoms with Gasteiger partial charge in [0.25, 0.3) is 15.9 Å². The fourth-order valence-corrected chi connectivity index (χ4v) is 4.82. The van der Waals surface area contributed by atoms with E-state index in [1.54, 1.807) is 44.3 Å². The highest BCUT2D eigenvalue weighted by Gasteiger charge is 2.19. The van der Waals surface area contributed by atoms with Crippen LogP contribution in [0.2, 0.25) is 0 Å². The van der Waals surface area contributed by atoms with Crippen molar-refractivity contribution in [3.8, 4) is 11.4 Å². The highest BCUT2D eigenvalue weighted by Crippen LogP contribution is 2.27. The quantitative estimate of drug-likeness (QED) is 0.481. The summed E-state index contributed by atoms with van der Waals surface area (Å²) >= 11 is 0. The largest absolute Gasteiger partial charge is 0.355 e. The number of halogens is 1. The number of carbonyl (C=O) groups is 1. The van der Waals surface area contributed by atoms with Gasteiger partial charge in [-0.15, -0.1) is 0 Å². The van der Waals surface area contributed by atoms with Gasteiger partial charge in [0.05, 0.1) is 21.6 Å². The maximum atomic E-state index is 13.6. The van der Waals surface area contributed by atoms with Crippen molar-refractivity contribution in [3.63, 3.8) is 0 Å². The zero-order valence-corrected chi connectivity index (χ0v) is 18.5. The Morgan fingerprint density at radius 3 is 2.44 bits per heavy atom. The molecule has 0 saturated carbocycles. The van der Waals surface area contributed by atoms with Gasteiger partial charge in [-0.25, -0.2) is 17.8 Å². The normalized spacial score (nSPS) is 11.5. The van der Waals surface area contributed by atoms with E-state index in [2.05, 4.69) is 15.0 Å². The summed E-state index contributed by atoms with van der Waals surface area (Å²) in [5.41, 5.74) is 3.52. The van der Waals surface area contributed by atoms with Crippen LogP contribution in [0.4, 0.5) is 10.1 Å². The third-order valence-electron chi connectivity index (χ3n) is 5.21. The SMILES string of the molecule is CNC(=O)c1ccc(-c2nc3cc(NS(=O)(=O)c4cc(F)ccc4C)ccc3n2C)cc1. The van der Waals surface area contributed by atoms with Crippen molar-refractivity contribution in [3.05, 3.63) is 77.6 Å². The number of nitrogens with one attached hydrogen (secondary N) is 2. The Bertz CT molecular complexity index is 1440. The topological polar surface area (TPSA) is 93.1 Å². The van der Waals surface area contributed by atoms with E-state index in [1.165, 1.54) is 12.1 Å².